The van der Waals surface area contributed by atoms with E-state index in [0.717, 1.165) is 11.3 Å². The first-order chi connectivity index (χ1) is 9.20. The SMILES string of the molecule is Cc1noc(C)c1CN1CC(=O)NC(C(C)(C)C)C1=O. The van der Waals surface area contributed by atoms with Crippen molar-refractivity contribution >= 4 is 11.8 Å². The van der Waals surface area contributed by atoms with Crippen LogP contribution in [0.15, 0.2) is 4.52 Å². The average molecular weight is 279 g/mol. The van der Waals surface area contributed by atoms with Crippen LogP contribution in [0.25, 0.3) is 0 Å². The molecule has 0 radical (unpaired) electrons. The third-order valence-corrected chi connectivity index (χ3v) is 3.59. The second-order valence-corrected chi connectivity index (χ2v) is 6.36. The van der Waals surface area contributed by atoms with Gasteiger partial charge in [-0.25, -0.2) is 0 Å². The molecule has 1 aromatic heterocycles. The largest absolute Gasteiger partial charge is 0.361 e. The third kappa shape index (κ3) is 2.69. The molecule has 1 atom stereocenters. The Morgan fingerprint density at radius 2 is 2.00 bits per heavy atom. The zero-order valence-electron chi connectivity index (χ0n) is 12.6. The van der Waals surface area contributed by atoms with Crippen molar-refractivity contribution in [2.75, 3.05) is 6.54 Å². The minimum absolute atomic E-state index is 0.0582. The first kappa shape index (κ1) is 14.6. The van der Waals surface area contributed by atoms with Crippen molar-refractivity contribution in [3.8, 4) is 0 Å². The molecule has 2 rings (SSSR count). The van der Waals surface area contributed by atoms with E-state index < -0.39 is 6.04 Å². The van der Waals surface area contributed by atoms with Gasteiger partial charge >= 0.3 is 0 Å². The second kappa shape index (κ2) is 4.92. The van der Waals surface area contributed by atoms with E-state index in [9.17, 15) is 9.59 Å². The van der Waals surface area contributed by atoms with Gasteiger partial charge < -0.3 is 14.7 Å². The number of hydrogen-bond acceptors (Lipinski definition) is 4. The van der Waals surface area contributed by atoms with Crippen molar-refractivity contribution in [3.63, 3.8) is 0 Å². The first-order valence-corrected chi connectivity index (χ1v) is 6.70. The van der Waals surface area contributed by atoms with E-state index in [1.165, 1.54) is 0 Å². The van der Waals surface area contributed by atoms with Gasteiger partial charge in [0.05, 0.1) is 18.8 Å². The van der Waals surface area contributed by atoms with Crippen LogP contribution in [0.5, 0.6) is 0 Å². The van der Waals surface area contributed by atoms with Crippen LogP contribution in [0.4, 0.5) is 0 Å². The van der Waals surface area contributed by atoms with Gasteiger partial charge in [-0.15, -0.1) is 0 Å². The zero-order chi connectivity index (χ0) is 15.1. The summed E-state index contributed by atoms with van der Waals surface area (Å²) in [6.45, 7) is 9.90. The Morgan fingerprint density at radius 3 is 2.50 bits per heavy atom. The Bertz CT molecular complexity index is 523. The Balaban J connectivity index is 2.23. The Hall–Kier alpha value is -1.85. The number of rotatable bonds is 2. The van der Waals surface area contributed by atoms with Gasteiger partial charge in [-0.05, 0) is 19.3 Å². The van der Waals surface area contributed by atoms with E-state index in [1.807, 2.05) is 34.6 Å². The van der Waals surface area contributed by atoms with Gasteiger partial charge in [-0.2, -0.15) is 0 Å². The molecule has 110 valence electrons. The number of nitrogens with zero attached hydrogens (tertiary/aromatic N) is 2. The molecule has 1 aliphatic rings. The van der Waals surface area contributed by atoms with Gasteiger partial charge in [0, 0.05) is 5.56 Å². The normalized spacial score (nSPS) is 20.2. The number of aromatic nitrogens is 1. The van der Waals surface area contributed by atoms with Crippen LogP contribution in [0.2, 0.25) is 0 Å². The highest BCUT2D eigenvalue weighted by molar-refractivity contribution is 5.95. The van der Waals surface area contributed by atoms with Gasteiger partial charge in [0.15, 0.2) is 0 Å². The van der Waals surface area contributed by atoms with Crippen LogP contribution < -0.4 is 5.32 Å². The summed E-state index contributed by atoms with van der Waals surface area (Å²) in [5.74, 6) is 0.502. The lowest BCUT2D eigenvalue weighted by molar-refractivity contribution is -0.147. The molecular weight excluding hydrogens is 258 g/mol. The molecule has 0 aromatic carbocycles. The molecule has 0 saturated carbocycles. The first-order valence-electron chi connectivity index (χ1n) is 6.70. The fraction of sp³-hybridized carbons (Fsp3) is 0.643. The van der Waals surface area contributed by atoms with Crippen molar-refractivity contribution in [1.29, 1.82) is 0 Å². The highest BCUT2D eigenvalue weighted by atomic mass is 16.5. The fourth-order valence-corrected chi connectivity index (χ4v) is 2.34. The summed E-state index contributed by atoms with van der Waals surface area (Å²) < 4.78 is 5.10. The molecule has 1 N–H and O–H groups in total. The lowest BCUT2D eigenvalue weighted by Gasteiger charge is -2.38. The van der Waals surface area contributed by atoms with Gasteiger partial charge in [-0.1, -0.05) is 25.9 Å². The Labute approximate surface area is 118 Å². The molecule has 1 unspecified atom stereocenters. The van der Waals surface area contributed by atoms with Gasteiger partial charge in [0.2, 0.25) is 11.8 Å². The summed E-state index contributed by atoms with van der Waals surface area (Å²) in [5.41, 5.74) is 1.32. The average Bonchev–Trinajstić information content (AvgIpc) is 2.63. The topological polar surface area (TPSA) is 75.4 Å². The molecule has 1 aliphatic heterocycles. The lowest BCUT2D eigenvalue weighted by Crippen LogP contribution is -2.61. The molecule has 2 amide bonds. The molecule has 6 nitrogen and oxygen atoms in total. The second-order valence-electron chi connectivity index (χ2n) is 6.36. The summed E-state index contributed by atoms with van der Waals surface area (Å²) in [6, 6.07) is -0.496. The number of aryl methyl sites for hydroxylation is 2. The minimum Gasteiger partial charge on any atom is -0.361 e. The van der Waals surface area contributed by atoms with Crippen LogP contribution in [-0.4, -0.2) is 34.5 Å². The monoisotopic (exact) mass is 279 g/mol. The van der Waals surface area contributed by atoms with Crippen molar-refractivity contribution in [2.45, 2.75) is 47.2 Å². The predicted octanol–water partition coefficient (Wildman–Crippen LogP) is 1.16. The highest BCUT2D eigenvalue weighted by Gasteiger charge is 2.40. The van der Waals surface area contributed by atoms with E-state index in [2.05, 4.69) is 10.5 Å². The fourth-order valence-electron chi connectivity index (χ4n) is 2.34. The molecule has 1 aromatic rings. The lowest BCUT2D eigenvalue weighted by atomic mass is 9.84. The summed E-state index contributed by atoms with van der Waals surface area (Å²) in [6.07, 6.45) is 0. The number of carbonyl (C=O) groups excluding carboxylic acids is 2. The summed E-state index contributed by atoms with van der Waals surface area (Å²) in [4.78, 5) is 25.9. The minimum atomic E-state index is -0.496. The third-order valence-electron chi connectivity index (χ3n) is 3.59. The molecule has 20 heavy (non-hydrogen) atoms. The highest BCUT2D eigenvalue weighted by Crippen LogP contribution is 2.25. The van der Waals surface area contributed by atoms with Crippen LogP contribution in [0.1, 0.15) is 37.8 Å². The van der Waals surface area contributed by atoms with Crippen LogP contribution in [-0.2, 0) is 16.1 Å². The molecule has 1 fully saturated rings. The van der Waals surface area contributed by atoms with Crippen molar-refractivity contribution in [3.05, 3.63) is 17.0 Å². The molecule has 0 aliphatic carbocycles. The van der Waals surface area contributed by atoms with Crippen LogP contribution in [0.3, 0.4) is 0 Å². The smallest absolute Gasteiger partial charge is 0.246 e. The molecule has 0 bridgehead atoms. The number of nitrogens with one attached hydrogen (secondary N) is 1. The predicted molar refractivity (Wildman–Crippen MR) is 72.8 cm³/mol. The zero-order valence-corrected chi connectivity index (χ0v) is 12.6. The van der Waals surface area contributed by atoms with Gasteiger partial charge in [-0.3, -0.25) is 9.59 Å². The molecule has 6 heteroatoms. The molecule has 2 heterocycles. The quantitative estimate of drug-likeness (QED) is 0.881. The molecule has 1 saturated heterocycles. The van der Waals surface area contributed by atoms with E-state index in [4.69, 9.17) is 4.52 Å². The van der Waals surface area contributed by atoms with E-state index >= 15 is 0 Å². The van der Waals surface area contributed by atoms with Crippen molar-refractivity contribution < 1.29 is 14.1 Å². The summed E-state index contributed by atoms with van der Waals surface area (Å²) in [7, 11) is 0. The summed E-state index contributed by atoms with van der Waals surface area (Å²) in [5, 5.41) is 6.66. The maximum absolute atomic E-state index is 12.5. The number of carbonyl (C=O) groups is 2. The number of amides is 2. The van der Waals surface area contributed by atoms with Crippen molar-refractivity contribution in [1.82, 2.24) is 15.4 Å². The van der Waals surface area contributed by atoms with Crippen LogP contribution in [0, 0.1) is 19.3 Å². The maximum Gasteiger partial charge on any atom is 0.246 e. The molecular formula is C14H21N3O3. The maximum atomic E-state index is 12.5. The van der Waals surface area contributed by atoms with Crippen LogP contribution >= 0.6 is 0 Å². The van der Waals surface area contributed by atoms with E-state index in [1.54, 1.807) is 4.90 Å². The number of hydrogen-bond donors (Lipinski definition) is 1. The Morgan fingerprint density at radius 1 is 1.35 bits per heavy atom. The van der Waals surface area contributed by atoms with Gasteiger partial charge in [0.25, 0.3) is 0 Å². The summed E-state index contributed by atoms with van der Waals surface area (Å²) >= 11 is 0. The van der Waals surface area contributed by atoms with Gasteiger partial charge in [0.1, 0.15) is 11.8 Å². The van der Waals surface area contributed by atoms with Crippen molar-refractivity contribution in [2.24, 2.45) is 5.41 Å². The molecule has 0 spiro atoms. The van der Waals surface area contributed by atoms with E-state index in [0.29, 0.717) is 12.3 Å². The van der Waals surface area contributed by atoms with E-state index in [-0.39, 0.29) is 23.8 Å². The number of piperazine rings is 1. The Kier molecular flexibility index (Phi) is 3.58. The standard InChI is InChI=1S/C14H21N3O3/c1-8-10(9(2)20-16-8)6-17-7-11(18)15-12(13(17)19)14(3,4)5/h12H,6-7H2,1-5H3,(H,15,18).